The molecule has 0 bridgehead atoms. The van der Waals surface area contributed by atoms with Crippen LogP contribution in [0.3, 0.4) is 0 Å². The van der Waals surface area contributed by atoms with Gasteiger partial charge in [-0.2, -0.15) is 0 Å². The van der Waals surface area contributed by atoms with Gasteiger partial charge in [0.15, 0.2) is 0 Å². The molecule has 182 valence electrons. The molecule has 3 aliphatic rings. The normalized spacial score (nSPS) is 27.4. The fourth-order valence-electron chi connectivity index (χ4n) is 5.98. The molecular weight excluding hydrogens is 453 g/mol. The number of carbonyl (C=O) groups is 2. The highest BCUT2D eigenvalue weighted by Crippen LogP contribution is 2.51. The lowest BCUT2D eigenvalue weighted by atomic mass is 9.58. The number of benzene rings is 1. The van der Waals surface area contributed by atoms with Crippen LogP contribution in [-0.4, -0.2) is 47.1 Å². The first-order valence-electron chi connectivity index (χ1n) is 12.3. The lowest BCUT2D eigenvalue weighted by molar-refractivity contribution is -0.138. The third-order valence-electron chi connectivity index (χ3n) is 7.61. The number of halogens is 1. The molecule has 0 radical (unpaired) electrons. The van der Waals surface area contributed by atoms with E-state index in [2.05, 4.69) is 13.8 Å². The Balaban J connectivity index is 1.61. The SMILES string of the molecule is CCCC1=C2[C@@H](CC/C(=C/c3ccc(O)cc3Cl)CC)OB(O)C[C@@H]2[C@@H]2C(=O)N(C)C(=O)[C@@H]2C1. The minimum atomic E-state index is -0.949. The summed E-state index contributed by atoms with van der Waals surface area (Å²) in [5.41, 5.74) is 4.41. The van der Waals surface area contributed by atoms with Crippen molar-refractivity contribution in [3.8, 4) is 5.75 Å². The molecule has 1 aliphatic carbocycles. The van der Waals surface area contributed by atoms with E-state index in [9.17, 15) is 19.7 Å². The molecule has 2 aliphatic heterocycles. The van der Waals surface area contributed by atoms with E-state index in [0.29, 0.717) is 24.2 Å². The van der Waals surface area contributed by atoms with Gasteiger partial charge < -0.3 is 14.8 Å². The summed E-state index contributed by atoms with van der Waals surface area (Å²) >= 11 is 6.30. The van der Waals surface area contributed by atoms with E-state index < -0.39 is 13.0 Å². The molecule has 2 amide bonds. The summed E-state index contributed by atoms with van der Waals surface area (Å²) in [4.78, 5) is 27.0. The number of amides is 2. The van der Waals surface area contributed by atoms with Crippen LogP contribution < -0.4 is 0 Å². The zero-order chi connectivity index (χ0) is 24.6. The molecule has 8 heteroatoms. The van der Waals surface area contributed by atoms with Crippen molar-refractivity contribution >= 4 is 36.6 Å². The predicted octanol–water partition coefficient (Wildman–Crippen LogP) is 4.85. The number of allylic oxidation sites excluding steroid dienone is 2. The number of aromatic hydroxyl groups is 1. The van der Waals surface area contributed by atoms with Gasteiger partial charge in [-0.15, -0.1) is 0 Å². The van der Waals surface area contributed by atoms with Crippen LogP contribution in [0.5, 0.6) is 5.75 Å². The van der Waals surface area contributed by atoms with Crippen LogP contribution in [0.4, 0.5) is 0 Å². The van der Waals surface area contributed by atoms with Crippen molar-refractivity contribution < 1.29 is 24.4 Å². The number of carbonyl (C=O) groups excluding carboxylic acids is 2. The van der Waals surface area contributed by atoms with E-state index in [4.69, 9.17) is 16.3 Å². The molecule has 2 heterocycles. The topological polar surface area (TPSA) is 87.1 Å². The predicted molar refractivity (Wildman–Crippen MR) is 133 cm³/mol. The highest BCUT2D eigenvalue weighted by molar-refractivity contribution is 6.43. The van der Waals surface area contributed by atoms with Gasteiger partial charge in [0.2, 0.25) is 11.8 Å². The van der Waals surface area contributed by atoms with Gasteiger partial charge in [0.05, 0.1) is 23.0 Å². The highest BCUT2D eigenvalue weighted by Gasteiger charge is 2.56. The Morgan fingerprint density at radius 3 is 2.71 bits per heavy atom. The van der Waals surface area contributed by atoms with Crippen LogP contribution in [0.15, 0.2) is 34.9 Å². The summed E-state index contributed by atoms with van der Waals surface area (Å²) in [5.74, 6) is -0.963. The smallest absolute Gasteiger partial charge is 0.455 e. The molecule has 0 saturated carbocycles. The van der Waals surface area contributed by atoms with Gasteiger partial charge >= 0.3 is 7.12 Å². The first-order valence-corrected chi connectivity index (χ1v) is 12.7. The van der Waals surface area contributed by atoms with Crippen LogP contribution >= 0.6 is 11.6 Å². The van der Waals surface area contributed by atoms with Crippen LogP contribution in [-0.2, 0) is 14.2 Å². The number of rotatable bonds is 7. The monoisotopic (exact) mass is 485 g/mol. The Bertz CT molecular complexity index is 1040. The third-order valence-corrected chi connectivity index (χ3v) is 7.93. The van der Waals surface area contributed by atoms with Crippen molar-refractivity contribution in [2.75, 3.05) is 7.05 Å². The van der Waals surface area contributed by atoms with Crippen molar-refractivity contribution in [1.82, 2.24) is 4.90 Å². The third kappa shape index (κ3) is 4.70. The Kier molecular flexibility index (Phi) is 7.55. The Labute approximate surface area is 206 Å². The fraction of sp³-hybridized carbons (Fsp3) is 0.538. The van der Waals surface area contributed by atoms with E-state index in [1.807, 2.05) is 6.08 Å². The molecule has 4 atom stereocenters. The second-order valence-electron chi connectivity index (χ2n) is 9.70. The molecule has 0 spiro atoms. The maximum Gasteiger partial charge on any atom is 0.455 e. The summed E-state index contributed by atoms with van der Waals surface area (Å²) < 4.78 is 6.06. The van der Waals surface area contributed by atoms with Crippen LogP contribution in [0.2, 0.25) is 11.3 Å². The minimum absolute atomic E-state index is 0.0952. The highest BCUT2D eigenvalue weighted by atomic mass is 35.5. The number of fused-ring (bicyclic) bond motifs is 3. The Morgan fingerprint density at radius 1 is 1.26 bits per heavy atom. The Hall–Kier alpha value is -2.09. The van der Waals surface area contributed by atoms with Gasteiger partial charge in [0.25, 0.3) is 0 Å². The summed E-state index contributed by atoms with van der Waals surface area (Å²) in [6.07, 6.45) is 6.81. The minimum Gasteiger partial charge on any atom is -0.508 e. The average Bonchev–Trinajstić information content (AvgIpc) is 3.01. The molecule has 1 aromatic rings. The molecule has 34 heavy (non-hydrogen) atoms. The summed E-state index contributed by atoms with van der Waals surface area (Å²) in [5, 5.41) is 20.7. The molecule has 2 saturated heterocycles. The van der Waals surface area contributed by atoms with Crippen molar-refractivity contribution in [3.05, 3.63) is 45.5 Å². The molecule has 2 N–H and O–H groups in total. The molecule has 1 aromatic carbocycles. The van der Waals surface area contributed by atoms with Gasteiger partial charge in [-0.05, 0) is 73.7 Å². The molecule has 6 nitrogen and oxygen atoms in total. The van der Waals surface area contributed by atoms with Crippen molar-refractivity contribution in [3.63, 3.8) is 0 Å². The molecular formula is C26H33BClNO5. The number of phenolic OH excluding ortho intramolecular Hbond substituents is 1. The maximum atomic E-state index is 13.0. The number of imide groups is 1. The first-order chi connectivity index (χ1) is 16.2. The molecule has 0 aromatic heterocycles. The van der Waals surface area contributed by atoms with E-state index in [1.165, 1.54) is 22.1 Å². The lowest BCUT2D eigenvalue weighted by Gasteiger charge is -2.43. The Morgan fingerprint density at radius 2 is 2.03 bits per heavy atom. The zero-order valence-corrected chi connectivity index (χ0v) is 20.8. The van der Waals surface area contributed by atoms with E-state index in [1.54, 1.807) is 19.2 Å². The maximum absolute atomic E-state index is 13.0. The van der Waals surface area contributed by atoms with Gasteiger partial charge in [-0.25, -0.2) is 0 Å². The first kappa shape index (κ1) is 25.0. The number of nitrogens with zero attached hydrogens (tertiary/aromatic N) is 1. The lowest BCUT2D eigenvalue weighted by Crippen LogP contribution is -2.46. The van der Waals surface area contributed by atoms with Crippen LogP contribution in [0, 0.1) is 17.8 Å². The van der Waals surface area contributed by atoms with Crippen molar-refractivity contribution in [2.45, 2.75) is 64.8 Å². The van der Waals surface area contributed by atoms with Crippen molar-refractivity contribution in [1.29, 1.82) is 0 Å². The standard InChI is InChI=1S/C26H33BClNO5/c1-4-6-17-12-19-24(26(32)29(3)25(19)31)20-14-27(33)34-22(23(17)20)10-7-15(5-2)11-16-8-9-18(30)13-21(16)28/h8-9,11,13,19-20,22,24,30,33H,4-7,10,12,14H2,1-3H3/b15-11+/t19-,20+,22-,24-/m1/s1. The number of hydrogen-bond acceptors (Lipinski definition) is 5. The number of hydrogen-bond donors (Lipinski definition) is 2. The van der Waals surface area contributed by atoms with E-state index in [-0.39, 0.29) is 35.5 Å². The second kappa shape index (κ2) is 10.3. The van der Waals surface area contributed by atoms with Gasteiger partial charge in [-0.3, -0.25) is 14.5 Å². The summed E-state index contributed by atoms with van der Waals surface area (Å²) in [7, 11) is 0.622. The van der Waals surface area contributed by atoms with Crippen molar-refractivity contribution in [2.24, 2.45) is 17.8 Å². The number of likely N-dealkylation sites (tertiary alicyclic amines) is 1. The fourth-order valence-corrected chi connectivity index (χ4v) is 6.21. The zero-order valence-electron chi connectivity index (χ0n) is 20.1. The summed E-state index contributed by atoms with van der Waals surface area (Å²) in [6, 6.07) is 4.95. The molecule has 4 rings (SSSR count). The summed E-state index contributed by atoms with van der Waals surface area (Å²) in [6.45, 7) is 4.21. The van der Waals surface area contributed by atoms with Gasteiger partial charge in [0.1, 0.15) is 5.75 Å². The van der Waals surface area contributed by atoms with E-state index >= 15 is 0 Å². The largest absolute Gasteiger partial charge is 0.508 e. The second-order valence-corrected chi connectivity index (χ2v) is 10.1. The average molecular weight is 486 g/mol. The van der Waals surface area contributed by atoms with Crippen LogP contribution in [0.1, 0.15) is 57.9 Å². The molecule has 0 unspecified atom stereocenters. The van der Waals surface area contributed by atoms with Gasteiger partial charge in [-0.1, -0.05) is 49.1 Å². The quantitative estimate of drug-likeness (QED) is 0.328. The van der Waals surface area contributed by atoms with E-state index in [0.717, 1.165) is 36.8 Å². The molecule has 2 fully saturated rings. The number of phenols is 1. The van der Waals surface area contributed by atoms with Gasteiger partial charge in [0, 0.05) is 7.05 Å². The van der Waals surface area contributed by atoms with Crippen LogP contribution in [0.25, 0.3) is 6.08 Å².